The number of anilines is 2. The molecule has 0 saturated carbocycles. The number of aromatic nitrogens is 3. The Morgan fingerprint density at radius 3 is 2.75 bits per heavy atom. The Morgan fingerprint density at radius 2 is 2.06 bits per heavy atom. The van der Waals surface area contributed by atoms with Gasteiger partial charge in [-0.1, -0.05) is 12.1 Å². The van der Waals surface area contributed by atoms with E-state index in [0.717, 1.165) is 54.3 Å². The molecule has 2 N–H and O–H groups in total. The zero-order valence-corrected chi connectivity index (χ0v) is 19.0. The molecule has 1 aliphatic rings. The van der Waals surface area contributed by atoms with Gasteiger partial charge in [0.2, 0.25) is 12.2 Å². The summed E-state index contributed by atoms with van der Waals surface area (Å²) in [4.78, 5) is 22.8. The Balaban J connectivity index is 1.49. The molecule has 9 heteroatoms. The first kappa shape index (κ1) is 21.6. The van der Waals surface area contributed by atoms with Crippen LogP contribution in [0.25, 0.3) is 11.0 Å². The van der Waals surface area contributed by atoms with E-state index in [2.05, 4.69) is 80.0 Å². The number of hydrogen-bond acceptors (Lipinski definition) is 6. The fraction of sp³-hybridized carbons (Fsp3) is 0.391. The lowest BCUT2D eigenvalue weighted by Crippen LogP contribution is -2.56. The fourth-order valence-electron chi connectivity index (χ4n) is 4.20. The van der Waals surface area contributed by atoms with Crippen molar-refractivity contribution in [3.63, 3.8) is 0 Å². The van der Waals surface area contributed by atoms with E-state index < -0.39 is 0 Å². The van der Waals surface area contributed by atoms with Crippen LogP contribution in [0.2, 0.25) is 0 Å². The highest BCUT2D eigenvalue weighted by atomic mass is 15.4. The van der Waals surface area contributed by atoms with Crippen molar-refractivity contribution in [1.29, 1.82) is 5.26 Å². The van der Waals surface area contributed by atoms with Crippen molar-refractivity contribution in [1.82, 2.24) is 24.8 Å². The van der Waals surface area contributed by atoms with Crippen LogP contribution >= 0.6 is 0 Å². The quantitative estimate of drug-likeness (QED) is 0.372. The maximum absolute atomic E-state index is 9.29. The van der Waals surface area contributed by atoms with Gasteiger partial charge in [0.1, 0.15) is 17.8 Å². The topological polar surface area (TPSA) is 99.5 Å². The maximum Gasteiger partial charge on any atom is 0.214 e. The monoisotopic (exact) mass is 431 g/mol. The number of hydrogen-bond donors (Lipinski definition) is 2. The Hall–Kier alpha value is -3.64. The van der Waals surface area contributed by atoms with Gasteiger partial charge in [0.05, 0.1) is 5.39 Å². The van der Waals surface area contributed by atoms with E-state index in [9.17, 15) is 5.26 Å². The third kappa shape index (κ3) is 4.50. The van der Waals surface area contributed by atoms with Crippen LogP contribution in [0.3, 0.4) is 0 Å². The van der Waals surface area contributed by atoms with Gasteiger partial charge in [-0.3, -0.25) is 0 Å². The molecule has 0 bridgehead atoms. The number of aryl methyl sites for hydroxylation is 1. The van der Waals surface area contributed by atoms with Crippen LogP contribution in [0.5, 0.6) is 0 Å². The molecular weight excluding hydrogens is 402 g/mol. The smallest absolute Gasteiger partial charge is 0.214 e. The first-order valence-electron chi connectivity index (χ1n) is 10.7. The lowest BCUT2D eigenvalue weighted by molar-refractivity contribution is 0.297. The minimum absolute atomic E-state index is 0.139. The molecule has 166 valence electrons. The van der Waals surface area contributed by atoms with Crippen LogP contribution in [0.4, 0.5) is 11.5 Å². The zero-order chi connectivity index (χ0) is 22.7. The second-order valence-corrected chi connectivity index (χ2v) is 8.48. The van der Waals surface area contributed by atoms with Crippen molar-refractivity contribution in [2.24, 2.45) is 4.99 Å². The molecule has 1 saturated heterocycles. The molecule has 3 aromatic rings. The molecule has 0 aliphatic carbocycles. The van der Waals surface area contributed by atoms with Gasteiger partial charge >= 0.3 is 0 Å². The number of nitriles is 1. The minimum Gasteiger partial charge on any atom is -0.352 e. The summed E-state index contributed by atoms with van der Waals surface area (Å²) < 4.78 is 0. The third-order valence-electron chi connectivity index (χ3n) is 5.71. The van der Waals surface area contributed by atoms with Crippen LogP contribution in [-0.2, 0) is 6.54 Å². The number of nitrogens with one attached hydrogen (secondary N) is 2. The summed E-state index contributed by atoms with van der Waals surface area (Å²) in [5.74, 6) is 1.52. The van der Waals surface area contributed by atoms with E-state index in [1.54, 1.807) is 6.33 Å². The molecule has 1 aromatic carbocycles. The average Bonchev–Trinajstić information content (AvgIpc) is 3.15. The molecule has 4 rings (SSSR count). The standard InChI is InChI=1S/C23H29N9/c1-16-11-25-21-20(16)22(28-15-27-21)31-9-10-32(17(2)12-31)23(26-14-24)29-19-7-5-18(6-8-19)13-30(3)4/h5-8,11,15,17H,9-10,12-13H2,1-4H3,(H,26,29)(H,25,27,28). The molecule has 0 radical (unpaired) electrons. The molecule has 0 spiro atoms. The Labute approximate surface area is 188 Å². The number of rotatable bonds is 4. The van der Waals surface area contributed by atoms with Crippen LogP contribution in [0.15, 0.2) is 41.8 Å². The highest BCUT2D eigenvalue weighted by Gasteiger charge is 2.28. The molecular formula is C23H29N9. The van der Waals surface area contributed by atoms with Crippen molar-refractivity contribution in [3.05, 3.63) is 47.9 Å². The number of aliphatic imine (C=N–C) groups is 1. The Bertz CT molecular complexity index is 1140. The molecule has 9 nitrogen and oxygen atoms in total. The highest BCUT2D eigenvalue weighted by Crippen LogP contribution is 2.27. The predicted molar refractivity (Wildman–Crippen MR) is 128 cm³/mol. The van der Waals surface area contributed by atoms with Gasteiger partial charge in [-0.2, -0.15) is 5.26 Å². The number of guanidine groups is 1. The zero-order valence-electron chi connectivity index (χ0n) is 19.0. The summed E-state index contributed by atoms with van der Waals surface area (Å²) >= 11 is 0. The van der Waals surface area contributed by atoms with E-state index in [4.69, 9.17) is 0 Å². The van der Waals surface area contributed by atoms with Crippen molar-refractivity contribution in [3.8, 4) is 6.19 Å². The number of aromatic amines is 1. The normalized spacial score (nSPS) is 17.1. The van der Waals surface area contributed by atoms with Gasteiger partial charge in [0, 0.05) is 44.1 Å². The first-order valence-corrected chi connectivity index (χ1v) is 10.7. The number of piperazine rings is 1. The number of benzene rings is 1. The molecule has 1 aliphatic heterocycles. The van der Waals surface area contributed by atoms with E-state index in [-0.39, 0.29) is 6.04 Å². The first-order chi connectivity index (χ1) is 15.5. The summed E-state index contributed by atoms with van der Waals surface area (Å²) in [6.45, 7) is 7.36. The predicted octanol–water partition coefficient (Wildman–Crippen LogP) is 2.79. The molecule has 3 heterocycles. The minimum atomic E-state index is 0.139. The van der Waals surface area contributed by atoms with Crippen LogP contribution < -0.4 is 10.2 Å². The maximum atomic E-state index is 9.29. The summed E-state index contributed by atoms with van der Waals surface area (Å²) in [5.41, 5.74) is 4.14. The number of nitrogens with zero attached hydrogens (tertiary/aromatic N) is 7. The van der Waals surface area contributed by atoms with E-state index in [1.807, 2.05) is 24.5 Å². The lowest BCUT2D eigenvalue weighted by Gasteiger charge is -2.41. The van der Waals surface area contributed by atoms with Gasteiger partial charge in [0.15, 0.2) is 0 Å². The fourth-order valence-corrected chi connectivity index (χ4v) is 4.20. The van der Waals surface area contributed by atoms with Gasteiger partial charge < -0.3 is 25.0 Å². The van der Waals surface area contributed by atoms with E-state index >= 15 is 0 Å². The number of H-pyrrole nitrogens is 1. The van der Waals surface area contributed by atoms with Crippen LogP contribution in [0.1, 0.15) is 18.1 Å². The largest absolute Gasteiger partial charge is 0.352 e. The molecule has 1 fully saturated rings. The van der Waals surface area contributed by atoms with Crippen molar-refractivity contribution >= 4 is 28.5 Å². The lowest BCUT2D eigenvalue weighted by atomic mass is 10.1. The molecule has 0 amide bonds. The van der Waals surface area contributed by atoms with Gasteiger partial charge in [-0.15, -0.1) is 4.99 Å². The van der Waals surface area contributed by atoms with Crippen LogP contribution in [0, 0.1) is 18.4 Å². The second kappa shape index (κ2) is 9.24. The van der Waals surface area contributed by atoms with Crippen LogP contribution in [-0.4, -0.2) is 70.5 Å². The average molecular weight is 432 g/mol. The van der Waals surface area contributed by atoms with Crippen molar-refractivity contribution in [2.75, 3.05) is 43.9 Å². The summed E-state index contributed by atoms with van der Waals surface area (Å²) in [6.07, 6.45) is 5.53. The summed E-state index contributed by atoms with van der Waals surface area (Å²) in [6, 6.07) is 8.37. The molecule has 2 aromatic heterocycles. The Morgan fingerprint density at radius 1 is 1.28 bits per heavy atom. The SMILES string of the molecule is Cc1c[nH]c2ncnc(N3CCN(C(=NC#N)Nc4ccc(CN(C)C)cc4)C(C)C3)c12. The molecule has 1 atom stereocenters. The van der Waals surface area contributed by atoms with Crippen molar-refractivity contribution in [2.45, 2.75) is 26.4 Å². The molecule has 32 heavy (non-hydrogen) atoms. The van der Waals surface area contributed by atoms with Crippen molar-refractivity contribution < 1.29 is 0 Å². The summed E-state index contributed by atoms with van der Waals surface area (Å²) in [5, 5.41) is 13.7. The van der Waals surface area contributed by atoms with Gasteiger partial charge in [-0.05, 0) is 51.2 Å². The highest BCUT2D eigenvalue weighted by molar-refractivity contribution is 5.95. The molecule has 1 unspecified atom stereocenters. The van der Waals surface area contributed by atoms with Gasteiger partial charge in [0.25, 0.3) is 0 Å². The Kier molecular flexibility index (Phi) is 6.23. The second-order valence-electron chi connectivity index (χ2n) is 8.48. The summed E-state index contributed by atoms with van der Waals surface area (Å²) in [7, 11) is 4.10. The third-order valence-corrected chi connectivity index (χ3v) is 5.71. The van der Waals surface area contributed by atoms with E-state index in [1.165, 1.54) is 5.56 Å². The van der Waals surface area contributed by atoms with Gasteiger partial charge in [-0.25, -0.2) is 9.97 Å². The van der Waals surface area contributed by atoms with E-state index in [0.29, 0.717) is 5.96 Å². The number of fused-ring (bicyclic) bond motifs is 1.